The topological polar surface area (TPSA) is 12.0 Å². The van der Waals surface area contributed by atoms with Gasteiger partial charge in [0, 0.05) is 6.04 Å². The molecule has 1 heteroatoms. The van der Waals surface area contributed by atoms with Gasteiger partial charge in [-0.3, -0.25) is 0 Å². The van der Waals surface area contributed by atoms with Crippen molar-refractivity contribution in [1.29, 1.82) is 0 Å². The minimum atomic E-state index is 0.782. The molecular formula is C19H39N. The van der Waals surface area contributed by atoms with Gasteiger partial charge < -0.3 is 5.32 Å². The van der Waals surface area contributed by atoms with Crippen LogP contribution in [0, 0.1) is 23.7 Å². The van der Waals surface area contributed by atoms with Crippen LogP contribution in [0.4, 0.5) is 0 Å². The maximum atomic E-state index is 3.94. The second kappa shape index (κ2) is 9.82. The van der Waals surface area contributed by atoms with Gasteiger partial charge in [0.1, 0.15) is 0 Å². The van der Waals surface area contributed by atoms with E-state index in [9.17, 15) is 0 Å². The lowest BCUT2D eigenvalue weighted by Gasteiger charge is -2.41. The first-order valence-corrected chi connectivity index (χ1v) is 9.37. The molecule has 0 amide bonds. The summed E-state index contributed by atoms with van der Waals surface area (Å²) >= 11 is 0. The first kappa shape index (κ1) is 18.0. The average Bonchev–Trinajstić information content (AvgIpc) is 2.43. The summed E-state index contributed by atoms with van der Waals surface area (Å²) in [6, 6.07) is 0.782. The van der Waals surface area contributed by atoms with Crippen molar-refractivity contribution < 1.29 is 0 Å². The van der Waals surface area contributed by atoms with Gasteiger partial charge in [-0.25, -0.2) is 0 Å². The number of hydrogen-bond acceptors (Lipinski definition) is 1. The van der Waals surface area contributed by atoms with Crippen LogP contribution in [-0.2, 0) is 0 Å². The van der Waals surface area contributed by atoms with E-state index in [-0.39, 0.29) is 0 Å². The molecule has 4 atom stereocenters. The van der Waals surface area contributed by atoms with Crippen LogP contribution in [-0.4, -0.2) is 12.6 Å². The van der Waals surface area contributed by atoms with Crippen molar-refractivity contribution in [3.8, 4) is 0 Å². The molecule has 0 aromatic carbocycles. The van der Waals surface area contributed by atoms with Crippen LogP contribution in [0.1, 0.15) is 86.0 Å². The summed E-state index contributed by atoms with van der Waals surface area (Å²) in [5.74, 6) is 3.69. The van der Waals surface area contributed by atoms with E-state index in [1.54, 1.807) is 0 Å². The molecular weight excluding hydrogens is 242 g/mol. The SMILES string of the molecule is CCCNC(C(CCC)CCC)C1CCC(C)C(C)C1. The second-order valence-corrected chi connectivity index (χ2v) is 7.35. The molecule has 1 saturated carbocycles. The van der Waals surface area contributed by atoms with E-state index in [4.69, 9.17) is 0 Å². The highest BCUT2D eigenvalue weighted by molar-refractivity contribution is 4.88. The Morgan fingerprint density at radius 3 is 2.05 bits per heavy atom. The van der Waals surface area contributed by atoms with Crippen molar-refractivity contribution in [1.82, 2.24) is 5.32 Å². The minimum absolute atomic E-state index is 0.782. The molecule has 1 fully saturated rings. The number of hydrogen-bond donors (Lipinski definition) is 1. The molecule has 1 rings (SSSR count). The Morgan fingerprint density at radius 1 is 0.900 bits per heavy atom. The van der Waals surface area contributed by atoms with Gasteiger partial charge in [0.2, 0.25) is 0 Å². The molecule has 0 aliphatic heterocycles. The lowest BCUT2D eigenvalue weighted by atomic mass is 9.69. The van der Waals surface area contributed by atoms with Gasteiger partial charge in [-0.1, -0.05) is 53.9 Å². The van der Waals surface area contributed by atoms with E-state index in [0.717, 1.165) is 29.7 Å². The highest BCUT2D eigenvalue weighted by atomic mass is 14.9. The zero-order valence-electron chi connectivity index (χ0n) is 14.8. The fraction of sp³-hybridized carbons (Fsp3) is 1.00. The average molecular weight is 282 g/mol. The van der Waals surface area contributed by atoms with Crippen LogP contribution in [0.2, 0.25) is 0 Å². The Balaban J connectivity index is 2.70. The largest absolute Gasteiger partial charge is 0.313 e. The summed E-state index contributed by atoms with van der Waals surface area (Å²) in [4.78, 5) is 0. The van der Waals surface area contributed by atoms with Gasteiger partial charge >= 0.3 is 0 Å². The Hall–Kier alpha value is -0.0400. The van der Waals surface area contributed by atoms with Crippen LogP contribution in [0.25, 0.3) is 0 Å². The van der Waals surface area contributed by atoms with E-state index in [1.807, 2.05) is 0 Å². The van der Waals surface area contributed by atoms with Gasteiger partial charge in [-0.05, 0) is 62.3 Å². The molecule has 0 spiro atoms. The quantitative estimate of drug-likeness (QED) is 0.576. The summed E-state index contributed by atoms with van der Waals surface area (Å²) in [5.41, 5.74) is 0. The van der Waals surface area contributed by atoms with Crippen molar-refractivity contribution in [2.24, 2.45) is 23.7 Å². The summed E-state index contributed by atoms with van der Waals surface area (Å²) in [6.07, 6.45) is 11.1. The van der Waals surface area contributed by atoms with Gasteiger partial charge in [0.15, 0.2) is 0 Å². The molecule has 0 radical (unpaired) electrons. The Kier molecular flexibility index (Phi) is 8.84. The molecule has 4 unspecified atom stereocenters. The third-order valence-corrected chi connectivity index (χ3v) is 5.60. The third-order valence-electron chi connectivity index (χ3n) is 5.60. The predicted octanol–water partition coefficient (Wildman–Crippen LogP) is 5.64. The molecule has 1 aliphatic carbocycles. The van der Waals surface area contributed by atoms with Crippen LogP contribution in [0.5, 0.6) is 0 Å². The van der Waals surface area contributed by atoms with Gasteiger partial charge in [0.05, 0.1) is 0 Å². The van der Waals surface area contributed by atoms with Crippen molar-refractivity contribution in [2.75, 3.05) is 6.54 Å². The van der Waals surface area contributed by atoms with Gasteiger partial charge in [0.25, 0.3) is 0 Å². The molecule has 0 saturated heterocycles. The maximum Gasteiger partial charge on any atom is 0.0124 e. The highest BCUT2D eigenvalue weighted by Gasteiger charge is 2.33. The third kappa shape index (κ3) is 5.39. The van der Waals surface area contributed by atoms with Crippen molar-refractivity contribution in [2.45, 2.75) is 92.0 Å². The summed E-state index contributed by atoms with van der Waals surface area (Å²) in [5, 5.41) is 3.94. The highest BCUT2D eigenvalue weighted by Crippen LogP contribution is 2.38. The molecule has 1 N–H and O–H groups in total. The van der Waals surface area contributed by atoms with E-state index >= 15 is 0 Å². The summed E-state index contributed by atoms with van der Waals surface area (Å²) < 4.78 is 0. The zero-order chi connectivity index (χ0) is 15.0. The first-order valence-electron chi connectivity index (χ1n) is 9.37. The van der Waals surface area contributed by atoms with E-state index in [1.165, 1.54) is 57.9 Å². The normalized spacial score (nSPS) is 28.8. The summed E-state index contributed by atoms with van der Waals surface area (Å²) in [7, 11) is 0. The molecule has 0 aromatic rings. The predicted molar refractivity (Wildman–Crippen MR) is 91.1 cm³/mol. The van der Waals surface area contributed by atoms with Crippen LogP contribution >= 0.6 is 0 Å². The molecule has 0 heterocycles. The first-order chi connectivity index (χ1) is 9.63. The summed E-state index contributed by atoms with van der Waals surface area (Å²) in [6.45, 7) is 13.1. The van der Waals surface area contributed by atoms with Crippen molar-refractivity contribution in [3.05, 3.63) is 0 Å². The molecule has 0 bridgehead atoms. The van der Waals surface area contributed by atoms with E-state index in [0.29, 0.717) is 0 Å². The van der Waals surface area contributed by atoms with Crippen LogP contribution < -0.4 is 5.32 Å². The van der Waals surface area contributed by atoms with E-state index < -0.39 is 0 Å². The second-order valence-electron chi connectivity index (χ2n) is 7.35. The van der Waals surface area contributed by atoms with Gasteiger partial charge in [-0.2, -0.15) is 0 Å². The monoisotopic (exact) mass is 281 g/mol. The molecule has 1 aliphatic rings. The molecule has 120 valence electrons. The smallest absolute Gasteiger partial charge is 0.0124 e. The Labute approximate surface area is 128 Å². The number of rotatable bonds is 9. The minimum Gasteiger partial charge on any atom is -0.313 e. The van der Waals surface area contributed by atoms with Crippen molar-refractivity contribution in [3.63, 3.8) is 0 Å². The Morgan fingerprint density at radius 2 is 1.55 bits per heavy atom. The fourth-order valence-corrected chi connectivity index (χ4v) is 4.19. The van der Waals surface area contributed by atoms with Crippen LogP contribution in [0.15, 0.2) is 0 Å². The maximum absolute atomic E-state index is 3.94. The standard InChI is InChI=1S/C19H39N/c1-6-9-17(10-7-2)19(20-13-8-3)18-12-11-15(4)16(5)14-18/h15-20H,6-14H2,1-5H3. The molecule has 0 aromatic heterocycles. The lowest BCUT2D eigenvalue weighted by molar-refractivity contribution is 0.132. The fourth-order valence-electron chi connectivity index (χ4n) is 4.19. The molecule has 20 heavy (non-hydrogen) atoms. The number of nitrogens with one attached hydrogen (secondary N) is 1. The van der Waals surface area contributed by atoms with Crippen LogP contribution in [0.3, 0.4) is 0 Å². The van der Waals surface area contributed by atoms with E-state index in [2.05, 4.69) is 39.9 Å². The van der Waals surface area contributed by atoms with Crippen molar-refractivity contribution >= 4 is 0 Å². The zero-order valence-corrected chi connectivity index (χ0v) is 14.8. The molecule has 1 nitrogen and oxygen atoms in total. The Bertz CT molecular complexity index is 232. The van der Waals surface area contributed by atoms with Gasteiger partial charge in [-0.15, -0.1) is 0 Å². The lowest BCUT2D eigenvalue weighted by Crippen LogP contribution is -2.45.